The van der Waals surface area contributed by atoms with Crippen LogP contribution in [0.5, 0.6) is 5.75 Å². The second-order valence-electron chi connectivity index (χ2n) is 5.84. The highest BCUT2D eigenvalue weighted by Gasteiger charge is 2.07. The minimum Gasteiger partial charge on any atom is -0.489 e. The van der Waals surface area contributed by atoms with Gasteiger partial charge in [-0.2, -0.15) is 0 Å². The van der Waals surface area contributed by atoms with Crippen molar-refractivity contribution in [2.75, 3.05) is 0 Å². The molecule has 0 N–H and O–H groups in total. The number of benzene rings is 1. The lowest BCUT2D eigenvalue weighted by atomic mass is 10.2. The SMILES string of the molecule is C(=NOCc1coc(-c2cccs2)n1)c1ccc(OCc2ccncc2)cc1. The number of ether oxygens (including phenoxy) is 1. The van der Waals surface area contributed by atoms with Gasteiger partial charge in [-0.1, -0.05) is 11.2 Å². The highest BCUT2D eigenvalue weighted by molar-refractivity contribution is 7.13. The van der Waals surface area contributed by atoms with Crippen LogP contribution >= 0.6 is 11.3 Å². The summed E-state index contributed by atoms with van der Waals surface area (Å²) in [4.78, 5) is 14.7. The van der Waals surface area contributed by atoms with Crippen molar-refractivity contribution < 1.29 is 14.0 Å². The summed E-state index contributed by atoms with van der Waals surface area (Å²) < 4.78 is 11.2. The Balaban J connectivity index is 1.24. The van der Waals surface area contributed by atoms with E-state index in [4.69, 9.17) is 14.0 Å². The first-order valence-electron chi connectivity index (χ1n) is 8.62. The Hall–Kier alpha value is -3.45. The summed E-state index contributed by atoms with van der Waals surface area (Å²) in [6.07, 6.45) is 6.73. The molecule has 0 bridgehead atoms. The minimum absolute atomic E-state index is 0.249. The van der Waals surface area contributed by atoms with Crippen molar-refractivity contribution in [3.8, 4) is 16.5 Å². The molecular weight excluding hydrogens is 374 g/mol. The smallest absolute Gasteiger partial charge is 0.236 e. The average Bonchev–Trinajstić information content (AvgIpc) is 3.43. The van der Waals surface area contributed by atoms with E-state index in [1.807, 2.05) is 53.9 Å². The van der Waals surface area contributed by atoms with Crippen LogP contribution in [0.3, 0.4) is 0 Å². The highest BCUT2D eigenvalue weighted by Crippen LogP contribution is 2.23. The van der Waals surface area contributed by atoms with Crippen molar-refractivity contribution in [1.29, 1.82) is 0 Å². The second-order valence-corrected chi connectivity index (χ2v) is 6.79. The van der Waals surface area contributed by atoms with Gasteiger partial charge in [0.2, 0.25) is 5.89 Å². The number of aromatic nitrogens is 2. The molecule has 0 amide bonds. The van der Waals surface area contributed by atoms with Gasteiger partial charge in [-0.15, -0.1) is 11.3 Å². The fourth-order valence-corrected chi connectivity index (χ4v) is 3.04. The van der Waals surface area contributed by atoms with Crippen molar-refractivity contribution in [2.24, 2.45) is 5.16 Å². The number of nitrogens with zero attached hydrogens (tertiary/aromatic N) is 3. The fraction of sp³-hybridized carbons (Fsp3) is 0.0952. The van der Waals surface area contributed by atoms with E-state index in [0.717, 1.165) is 21.8 Å². The Labute approximate surface area is 166 Å². The Morgan fingerprint density at radius 1 is 1.04 bits per heavy atom. The highest BCUT2D eigenvalue weighted by atomic mass is 32.1. The Bertz CT molecular complexity index is 1010. The number of oxime groups is 1. The van der Waals surface area contributed by atoms with E-state index in [2.05, 4.69) is 15.1 Å². The van der Waals surface area contributed by atoms with Gasteiger partial charge in [0.25, 0.3) is 0 Å². The van der Waals surface area contributed by atoms with Crippen molar-refractivity contribution in [3.05, 3.63) is 89.4 Å². The maximum atomic E-state index is 5.74. The molecule has 0 aliphatic rings. The fourth-order valence-electron chi connectivity index (χ4n) is 2.38. The van der Waals surface area contributed by atoms with Gasteiger partial charge in [0, 0.05) is 12.4 Å². The first-order valence-corrected chi connectivity index (χ1v) is 9.50. The first kappa shape index (κ1) is 17.9. The number of rotatable bonds is 8. The summed E-state index contributed by atoms with van der Waals surface area (Å²) in [5, 5.41) is 5.96. The van der Waals surface area contributed by atoms with Gasteiger partial charge in [-0.25, -0.2) is 4.98 Å². The summed E-state index contributed by atoms with van der Waals surface area (Å²) in [6, 6.07) is 15.4. The number of hydrogen-bond donors (Lipinski definition) is 0. The normalized spacial score (nSPS) is 11.0. The van der Waals surface area contributed by atoms with Crippen LogP contribution in [0.1, 0.15) is 16.8 Å². The summed E-state index contributed by atoms with van der Waals surface area (Å²) in [5.74, 6) is 1.39. The number of hydrogen-bond acceptors (Lipinski definition) is 7. The topological polar surface area (TPSA) is 69.7 Å². The van der Waals surface area contributed by atoms with Gasteiger partial charge in [0.15, 0.2) is 6.61 Å². The van der Waals surface area contributed by atoms with Crippen LogP contribution < -0.4 is 4.74 Å². The van der Waals surface area contributed by atoms with Gasteiger partial charge >= 0.3 is 0 Å². The largest absolute Gasteiger partial charge is 0.489 e. The molecule has 3 heterocycles. The minimum atomic E-state index is 0.249. The second kappa shape index (κ2) is 8.96. The van der Waals surface area contributed by atoms with Crippen molar-refractivity contribution >= 4 is 17.6 Å². The molecule has 0 atom stereocenters. The van der Waals surface area contributed by atoms with Gasteiger partial charge in [0.1, 0.15) is 24.3 Å². The number of pyridine rings is 1. The molecule has 4 aromatic rings. The molecule has 0 aliphatic heterocycles. The standard InChI is InChI=1S/C21H17N3O3S/c1-2-20(28-11-1)21-24-18(14-26-21)15-27-23-12-16-3-5-19(6-4-16)25-13-17-7-9-22-10-8-17/h1-12,14H,13,15H2. The van der Waals surface area contributed by atoms with Gasteiger partial charge < -0.3 is 14.0 Å². The summed E-state index contributed by atoms with van der Waals surface area (Å²) >= 11 is 1.58. The summed E-state index contributed by atoms with van der Waals surface area (Å²) in [7, 11) is 0. The zero-order valence-electron chi connectivity index (χ0n) is 14.9. The molecule has 0 radical (unpaired) electrons. The van der Waals surface area contributed by atoms with E-state index >= 15 is 0 Å². The third-order valence-electron chi connectivity index (χ3n) is 3.81. The van der Waals surface area contributed by atoms with Crippen LogP contribution in [0.25, 0.3) is 10.8 Å². The van der Waals surface area contributed by atoms with E-state index in [1.54, 1.807) is 36.2 Å². The summed E-state index contributed by atoms with van der Waals surface area (Å²) in [6.45, 7) is 0.753. The van der Waals surface area contributed by atoms with Crippen LogP contribution in [-0.4, -0.2) is 16.2 Å². The van der Waals surface area contributed by atoms with Gasteiger partial charge in [-0.05, 0) is 59.0 Å². The first-order chi connectivity index (χ1) is 13.9. The van der Waals surface area contributed by atoms with E-state index in [1.165, 1.54) is 0 Å². The average molecular weight is 391 g/mol. The molecule has 1 aromatic carbocycles. The van der Waals surface area contributed by atoms with Crippen molar-refractivity contribution in [1.82, 2.24) is 9.97 Å². The van der Waals surface area contributed by atoms with Gasteiger partial charge in [-0.3, -0.25) is 4.98 Å². The van der Waals surface area contributed by atoms with Crippen molar-refractivity contribution in [2.45, 2.75) is 13.2 Å². The monoisotopic (exact) mass is 391 g/mol. The predicted molar refractivity (Wildman–Crippen MR) is 107 cm³/mol. The lowest BCUT2D eigenvalue weighted by Gasteiger charge is -2.06. The molecule has 4 rings (SSSR count). The predicted octanol–water partition coefficient (Wildman–Crippen LogP) is 4.93. The zero-order valence-corrected chi connectivity index (χ0v) is 15.7. The lowest BCUT2D eigenvalue weighted by Crippen LogP contribution is -1.95. The van der Waals surface area contributed by atoms with Crippen LogP contribution in [0, 0.1) is 0 Å². The Kier molecular flexibility index (Phi) is 5.74. The third-order valence-corrected chi connectivity index (χ3v) is 4.67. The van der Waals surface area contributed by atoms with E-state index in [9.17, 15) is 0 Å². The molecule has 0 saturated carbocycles. The molecule has 28 heavy (non-hydrogen) atoms. The maximum Gasteiger partial charge on any atom is 0.236 e. The maximum absolute atomic E-state index is 5.74. The van der Waals surface area contributed by atoms with E-state index < -0.39 is 0 Å². The van der Waals surface area contributed by atoms with Crippen LogP contribution in [0.15, 0.2) is 82.1 Å². The van der Waals surface area contributed by atoms with Gasteiger partial charge in [0.05, 0.1) is 11.1 Å². The molecule has 7 heteroatoms. The molecule has 140 valence electrons. The molecule has 6 nitrogen and oxygen atoms in total. The van der Waals surface area contributed by atoms with Crippen molar-refractivity contribution in [3.63, 3.8) is 0 Å². The molecule has 0 saturated heterocycles. The lowest BCUT2D eigenvalue weighted by molar-refractivity contribution is 0.129. The molecule has 0 fully saturated rings. The molecule has 0 aliphatic carbocycles. The van der Waals surface area contributed by atoms with E-state index in [0.29, 0.717) is 18.2 Å². The molecule has 0 unspecified atom stereocenters. The Morgan fingerprint density at radius 3 is 2.68 bits per heavy atom. The Morgan fingerprint density at radius 2 is 1.89 bits per heavy atom. The molecule has 0 spiro atoms. The van der Waals surface area contributed by atoms with Crippen LogP contribution in [-0.2, 0) is 18.1 Å². The molecular formula is C21H17N3O3S. The quantitative estimate of drug-likeness (QED) is 0.315. The zero-order chi connectivity index (χ0) is 19.0. The molecule has 3 aromatic heterocycles. The number of thiophene rings is 1. The summed E-state index contributed by atoms with van der Waals surface area (Å²) in [5.41, 5.74) is 2.68. The third kappa shape index (κ3) is 4.83. The van der Waals surface area contributed by atoms with Crippen LogP contribution in [0.4, 0.5) is 0 Å². The number of oxazole rings is 1. The van der Waals surface area contributed by atoms with E-state index in [-0.39, 0.29) is 6.61 Å². The van der Waals surface area contributed by atoms with Crippen LogP contribution in [0.2, 0.25) is 0 Å².